The van der Waals surface area contributed by atoms with Gasteiger partial charge in [0.25, 0.3) is 11.5 Å². The van der Waals surface area contributed by atoms with Crippen LogP contribution in [0, 0.1) is 0 Å². The van der Waals surface area contributed by atoms with E-state index in [4.69, 9.17) is 9.47 Å². The van der Waals surface area contributed by atoms with Gasteiger partial charge in [0.15, 0.2) is 22.7 Å². The fourth-order valence-corrected chi connectivity index (χ4v) is 4.58. The first-order chi connectivity index (χ1) is 16.4. The van der Waals surface area contributed by atoms with Crippen molar-refractivity contribution in [1.82, 2.24) is 28.5 Å². The van der Waals surface area contributed by atoms with E-state index in [1.807, 2.05) is 23.1 Å². The fourth-order valence-electron chi connectivity index (χ4n) is 4.58. The van der Waals surface area contributed by atoms with Gasteiger partial charge in [-0.25, -0.2) is 9.78 Å². The Balaban J connectivity index is 1.14. The topological polar surface area (TPSA) is 104 Å². The number of carbonyl (C=O) groups excluding carboxylic acids is 1. The Kier molecular flexibility index (Phi) is 5.86. The molecule has 4 heterocycles. The van der Waals surface area contributed by atoms with Crippen molar-refractivity contribution in [3.05, 3.63) is 51.4 Å². The first kappa shape index (κ1) is 22.2. The van der Waals surface area contributed by atoms with Gasteiger partial charge < -0.3 is 18.9 Å². The molecule has 0 spiro atoms. The number of ether oxygens (including phenoxy) is 2. The molecule has 2 aromatic heterocycles. The van der Waals surface area contributed by atoms with Gasteiger partial charge in [0.05, 0.1) is 6.33 Å². The number of aryl methyl sites for hydroxylation is 2. The second-order valence-electron chi connectivity index (χ2n) is 8.71. The second-order valence-corrected chi connectivity index (χ2v) is 8.71. The number of hydrogen-bond acceptors (Lipinski definition) is 7. The highest BCUT2D eigenvalue weighted by Gasteiger charge is 2.32. The van der Waals surface area contributed by atoms with E-state index in [1.54, 1.807) is 31.1 Å². The van der Waals surface area contributed by atoms with E-state index in [1.165, 1.54) is 9.13 Å². The number of fused-ring (bicyclic) bond motifs is 2. The summed E-state index contributed by atoms with van der Waals surface area (Å²) in [5.41, 5.74) is 0.142. The molecule has 2 aliphatic heterocycles. The Labute approximate surface area is 195 Å². The van der Waals surface area contributed by atoms with Crippen LogP contribution in [0.3, 0.4) is 0 Å². The smallest absolute Gasteiger partial charge is 0.332 e. The van der Waals surface area contributed by atoms with Crippen molar-refractivity contribution in [2.24, 2.45) is 14.1 Å². The highest BCUT2D eigenvalue weighted by Crippen LogP contribution is 2.31. The van der Waals surface area contributed by atoms with Crippen LogP contribution in [0.25, 0.3) is 11.2 Å². The summed E-state index contributed by atoms with van der Waals surface area (Å²) >= 11 is 0. The third-order valence-electron chi connectivity index (χ3n) is 6.53. The fraction of sp³-hybridized carbons (Fsp3) is 0.478. The minimum Gasteiger partial charge on any atom is -0.485 e. The van der Waals surface area contributed by atoms with E-state index in [2.05, 4.69) is 9.88 Å². The Morgan fingerprint density at radius 2 is 1.79 bits per heavy atom. The van der Waals surface area contributed by atoms with Crippen LogP contribution < -0.4 is 20.7 Å². The lowest BCUT2D eigenvalue weighted by Crippen LogP contribution is -2.54. The molecule has 0 N–H and O–H groups in total. The highest BCUT2D eigenvalue weighted by molar-refractivity contribution is 5.82. The van der Waals surface area contributed by atoms with Crippen molar-refractivity contribution in [3.8, 4) is 11.5 Å². The largest absolute Gasteiger partial charge is 0.485 e. The lowest BCUT2D eigenvalue weighted by molar-refractivity contribution is -0.143. The summed E-state index contributed by atoms with van der Waals surface area (Å²) in [6, 6.07) is 7.35. The number of amides is 1. The summed E-state index contributed by atoms with van der Waals surface area (Å²) in [4.78, 5) is 46.6. The molecule has 1 atom stereocenters. The number of rotatable bonds is 5. The van der Waals surface area contributed by atoms with Crippen LogP contribution in [-0.2, 0) is 25.4 Å². The zero-order valence-electron chi connectivity index (χ0n) is 19.3. The van der Waals surface area contributed by atoms with Crippen molar-refractivity contribution >= 4 is 17.1 Å². The SMILES string of the molecule is Cn1cnc2c1c(=O)n(CCCN1CCN(C(=O)C3COc4ccccc4O3)CC1)c(=O)n2C. The zero-order valence-corrected chi connectivity index (χ0v) is 19.3. The Morgan fingerprint density at radius 3 is 2.56 bits per heavy atom. The first-order valence-corrected chi connectivity index (χ1v) is 11.4. The van der Waals surface area contributed by atoms with Crippen LogP contribution in [-0.4, -0.2) is 79.8 Å². The molecule has 2 aliphatic rings. The van der Waals surface area contributed by atoms with Crippen LogP contribution in [0.4, 0.5) is 0 Å². The maximum Gasteiger partial charge on any atom is 0.332 e. The molecule has 1 fully saturated rings. The number of piperazine rings is 1. The second kappa shape index (κ2) is 8.98. The third-order valence-corrected chi connectivity index (χ3v) is 6.53. The van der Waals surface area contributed by atoms with E-state index >= 15 is 0 Å². The van der Waals surface area contributed by atoms with Crippen LogP contribution in [0.15, 0.2) is 40.2 Å². The van der Waals surface area contributed by atoms with Crippen LogP contribution in [0.1, 0.15) is 6.42 Å². The lowest BCUT2D eigenvalue weighted by Gasteiger charge is -2.37. The maximum absolute atomic E-state index is 12.9. The summed E-state index contributed by atoms with van der Waals surface area (Å²) in [5, 5.41) is 0. The predicted molar refractivity (Wildman–Crippen MR) is 124 cm³/mol. The number of benzene rings is 1. The van der Waals surface area contributed by atoms with Gasteiger partial charge in [-0.1, -0.05) is 12.1 Å². The Hall–Kier alpha value is -3.60. The molecular formula is C23H28N6O5. The van der Waals surface area contributed by atoms with Gasteiger partial charge >= 0.3 is 5.69 Å². The molecule has 3 aromatic rings. The minimum atomic E-state index is -0.633. The summed E-state index contributed by atoms with van der Waals surface area (Å²) in [7, 11) is 3.37. The van der Waals surface area contributed by atoms with Crippen molar-refractivity contribution in [3.63, 3.8) is 0 Å². The number of nitrogens with zero attached hydrogens (tertiary/aromatic N) is 6. The molecule has 180 valence electrons. The standard InChI is InChI=1S/C23H28N6O5/c1-25-15-24-20-19(25)22(31)29(23(32)26(20)2)9-5-8-27-10-12-28(13-11-27)21(30)18-14-33-16-6-3-4-7-17(16)34-18/h3-4,6-7,15,18H,5,8-14H2,1-2H3. The van der Waals surface area contributed by atoms with Gasteiger partial charge in [-0.2, -0.15) is 0 Å². The predicted octanol–water partition coefficient (Wildman–Crippen LogP) is -0.192. The number of aromatic nitrogens is 4. The average Bonchev–Trinajstić information content (AvgIpc) is 3.26. The van der Waals surface area contributed by atoms with E-state index in [9.17, 15) is 14.4 Å². The third kappa shape index (κ3) is 3.96. The number of hydrogen-bond donors (Lipinski definition) is 0. The van der Waals surface area contributed by atoms with Crippen molar-refractivity contribution in [2.45, 2.75) is 19.1 Å². The Bertz CT molecular complexity index is 1330. The molecule has 1 aromatic carbocycles. The van der Waals surface area contributed by atoms with Crippen LogP contribution in [0.2, 0.25) is 0 Å². The van der Waals surface area contributed by atoms with Crippen LogP contribution in [0.5, 0.6) is 11.5 Å². The molecule has 1 saturated heterocycles. The summed E-state index contributed by atoms with van der Waals surface area (Å²) in [5.74, 6) is 1.19. The molecular weight excluding hydrogens is 440 g/mol. The summed E-state index contributed by atoms with van der Waals surface area (Å²) in [6.07, 6.45) is 1.56. The number of carbonyl (C=O) groups is 1. The zero-order chi connectivity index (χ0) is 23.8. The van der Waals surface area contributed by atoms with Crippen molar-refractivity contribution in [1.29, 1.82) is 0 Å². The average molecular weight is 469 g/mol. The van der Waals surface area contributed by atoms with E-state index in [0.717, 1.165) is 19.6 Å². The molecule has 0 radical (unpaired) electrons. The Morgan fingerprint density at radius 1 is 1.06 bits per heavy atom. The molecule has 0 aliphatic carbocycles. The van der Waals surface area contributed by atoms with Crippen molar-refractivity contribution in [2.75, 3.05) is 39.3 Å². The van der Waals surface area contributed by atoms with E-state index < -0.39 is 6.10 Å². The van der Waals surface area contributed by atoms with Gasteiger partial charge in [-0.3, -0.25) is 23.6 Å². The van der Waals surface area contributed by atoms with Gasteiger partial charge in [0.2, 0.25) is 6.10 Å². The summed E-state index contributed by atoms with van der Waals surface area (Å²) in [6.45, 7) is 3.93. The molecule has 1 amide bonds. The lowest BCUT2D eigenvalue weighted by atomic mass is 10.2. The van der Waals surface area contributed by atoms with E-state index in [0.29, 0.717) is 48.7 Å². The number of imidazole rings is 1. The van der Waals surface area contributed by atoms with Gasteiger partial charge in [-0.05, 0) is 25.1 Å². The van der Waals surface area contributed by atoms with Crippen LogP contribution >= 0.6 is 0 Å². The van der Waals surface area contributed by atoms with Gasteiger partial charge in [0, 0.05) is 46.8 Å². The number of para-hydroxylation sites is 2. The van der Waals surface area contributed by atoms with Gasteiger partial charge in [-0.15, -0.1) is 0 Å². The highest BCUT2D eigenvalue weighted by atomic mass is 16.6. The monoisotopic (exact) mass is 468 g/mol. The molecule has 34 heavy (non-hydrogen) atoms. The quantitative estimate of drug-likeness (QED) is 0.511. The maximum atomic E-state index is 12.9. The minimum absolute atomic E-state index is 0.0614. The van der Waals surface area contributed by atoms with E-state index in [-0.39, 0.29) is 23.8 Å². The normalized spacial score (nSPS) is 18.4. The molecule has 11 heteroatoms. The first-order valence-electron chi connectivity index (χ1n) is 11.4. The summed E-state index contributed by atoms with van der Waals surface area (Å²) < 4.78 is 15.9. The molecule has 11 nitrogen and oxygen atoms in total. The molecule has 0 saturated carbocycles. The molecule has 0 bridgehead atoms. The van der Waals surface area contributed by atoms with Crippen molar-refractivity contribution < 1.29 is 14.3 Å². The van der Waals surface area contributed by atoms with Gasteiger partial charge in [0.1, 0.15) is 6.61 Å². The molecule has 5 rings (SSSR count). The molecule has 1 unspecified atom stereocenters.